The van der Waals surface area contributed by atoms with E-state index in [1.54, 1.807) is 0 Å². The molecule has 9 rings (SSSR count). The number of hydrogen-bond donors (Lipinski definition) is 3. The number of rotatable bonds is 4. The van der Waals surface area contributed by atoms with E-state index in [1.165, 1.54) is 10.8 Å². The maximum absolute atomic E-state index is 9.54. The summed E-state index contributed by atoms with van der Waals surface area (Å²) in [6.07, 6.45) is -0.402. The molecule has 0 spiro atoms. The second-order valence-corrected chi connectivity index (χ2v) is 11.8. The number of aromatic nitrogens is 1. The third-order valence-corrected chi connectivity index (χ3v) is 9.15. The zero-order chi connectivity index (χ0) is 30.6. The Morgan fingerprint density at radius 1 is 0.543 bits per heavy atom. The average molecular weight is 596 g/mol. The third-order valence-electron chi connectivity index (χ3n) is 9.15. The lowest BCUT2D eigenvalue weighted by Crippen LogP contribution is -2.54. The van der Waals surface area contributed by atoms with Gasteiger partial charge in [-0.05, 0) is 59.2 Å². The monoisotopic (exact) mass is 595 g/mol. The van der Waals surface area contributed by atoms with E-state index in [0.717, 1.165) is 55.3 Å². The van der Waals surface area contributed by atoms with Gasteiger partial charge in [0.05, 0.1) is 41.2 Å². The molecule has 1 aliphatic rings. The Hall–Kier alpha value is -5.71. The molecule has 2 aromatic heterocycles. The molecule has 8 aromatic rings. The summed E-state index contributed by atoms with van der Waals surface area (Å²) in [5.74, 6) is 0. The number of hydrogen-bond acceptors (Lipinski definition) is 5. The van der Waals surface area contributed by atoms with Gasteiger partial charge in [-0.2, -0.15) is 5.26 Å². The minimum atomic E-state index is -0.164. The maximum Gasteiger partial charge on any atom is 0.160 e. The third kappa shape index (κ3) is 4.30. The van der Waals surface area contributed by atoms with Gasteiger partial charge in [-0.25, -0.2) is 0 Å². The van der Waals surface area contributed by atoms with Crippen LogP contribution in [-0.4, -0.2) is 4.57 Å². The largest absolute Gasteiger partial charge is 0.454 e. The van der Waals surface area contributed by atoms with Crippen molar-refractivity contribution >= 4 is 43.7 Å². The van der Waals surface area contributed by atoms with E-state index >= 15 is 0 Å². The Balaban J connectivity index is 1.15. The molecule has 6 aromatic carbocycles. The highest BCUT2D eigenvalue weighted by Crippen LogP contribution is 2.40. The first-order valence-electron chi connectivity index (χ1n) is 15.5. The average Bonchev–Trinajstić information content (AvgIpc) is 3.68. The highest BCUT2D eigenvalue weighted by atomic mass is 16.3. The molecule has 220 valence electrons. The number of fused-ring (bicyclic) bond motifs is 7. The predicted molar refractivity (Wildman–Crippen MR) is 183 cm³/mol. The second-order valence-electron chi connectivity index (χ2n) is 11.8. The summed E-state index contributed by atoms with van der Waals surface area (Å²) in [5, 5.41) is 25.3. The molecule has 0 amide bonds. The molecule has 0 bridgehead atoms. The Morgan fingerprint density at radius 3 is 1.96 bits per heavy atom. The summed E-state index contributed by atoms with van der Waals surface area (Å²) in [7, 11) is 0. The van der Waals surface area contributed by atoms with Gasteiger partial charge in [0.1, 0.15) is 5.58 Å². The van der Waals surface area contributed by atoms with Crippen LogP contribution in [0.2, 0.25) is 0 Å². The Kier molecular flexibility index (Phi) is 6.22. The van der Waals surface area contributed by atoms with Crippen molar-refractivity contribution in [2.24, 2.45) is 0 Å². The van der Waals surface area contributed by atoms with Crippen molar-refractivity contribution in [2.75, 3.05) is 0 Å². The fraction of sp³-hybridized carbons (Fsp3) is 0.0750. The molecule has 0 saturated carbocycles. The van der Waals surface area contributed by atoms with Crippen molar-refractivity contribution in [1.29, 1.82) is 5.26 Å². The number of nitriles is 1. The van der Waals surface area contributed by atoms with E-state index < -0.39 is 0 Å². The van der Waals surface area contributed by atoms with Gasteiger partial charge in [0.2, 0.25) is 0 Å². The fourth-order valence-electron chi connectivity index (χ4n) is 6.97. The van der Waals surface area contributed by atoms with E-state index in [2.05, 4.69) is 130 Å². The lowest BCUT2D eigenvalue weighted by Gasteiger charge is -2.39. The standard InChI is InChI=1S/C40H29N5O/c41-24-25-9-8-12-28(23-25)40-43-38(26-10-2-1-3-11-26)42-39(44-40)27-17-19-29(20-18-27)45-34-15-6-4-13-30(34)32-21-22-33-31-14-5-7-16-35(31)46-37(33)36(32)45/h1-23,38-40,42-44H. The Labute approximate surface area is 265 Å². The van der Waals surface area contributed by atoms with Crippen molar-refractivity contribution in [3.63, 3.8) is 0 Å². The Morgan fingerprint density at radius 2 is 1.17 bits per heavy atom. The quantitative estimate of drug-likeness (QED) is 0.190. The van der Waals surface area contributed by atoms with Crippen LogP contribution in [-0.2, 0) is 0 Å². The van der Waals surface area contributed by atoms with Crippen molar-refractivity contribution in [1.82, 2.24) is 20.5 Å². The van der Waals surface area contributed by atoms with Gasteiger partial charge in [0, 0.05) is 27.2 Å². The summed E-state index contributed by atoms with van der Waals surface area (Å²) in [6.45, 7) is 0. The van der Waals surface area contributed by atoms with E-state index in [1.807, 2.05) is 36.4 Å². The van der Waals surface area contributed by atoms with Crippen LogP contribution in [0.15, 0.2) is 144 Å². The first-order valence-corrected chi connectivity index (χ1v) is 15.5. The second kappa shape index (κ2) is 10.7. The molecule has 3 unspecified atom stereocenters. The summed E-state index contributed by atoms with van der Waals surface area (Å²) in [4.78, 5) is 0. The highest BCUT2D eigenvalue weighted by molar-refractivity contribution is 6.21. The van der Waals surface area contributed by atoms with Crippen LogP contribution >= 0.6 is 0 Å². The molecule has 0 aliphatic carbocycles. The van der Waals surface area contributed by atoms with Crippen LogP contribution in [0.1, 0.15) is 40.8 Å². The maximum atomic E-state index is 9.54. The number of nitrogens with one attached hydrogen (secondary N) is 3. The molecule has 6 heteroatoms. The SMILES string of the molecule is N#Cc1cccc(C2NC(c3ccccc3)NC(c3ccc(-n4c5ccccc5c5ccc6c7ccccc7oc6c54)cc3)N2)c1. The summed E-state index contributed by atoms with van der Waals surface area (Å²) >= 11 is 0. The van der Waals surface area contributed by atoms with Crippen LogP contribution in [0.25, 0.3) is 49.4 Å². The minimum absolute atomic E-state index is 0.0958. The number of nitrogens with zero attached hydrogens (tertiary/aromatic N) is 2. The molecule has 1 aliphatic heterocycles. The van der Waals surface area contributed by atoms with Crippen molar-refractivity contribution < 1.29 is 4.42 Å². The summed E-state index contributed by atoms with van der Waals surface area (Å²) in [5.41, 5.74) is 8.98. The van der Waals surface area contributed by atoms with Gasteiger partial charge in [-0.1, -0.05) is 97.1 Å². The van der Waals surface area contributed by atoms with Gasteiger partial charge in [-0.15, -0.1) is 0 Å². The van der Waals surface area contributed by atoms with Crippen LogP contribution < -0.4 is 16.0 Å². The highest BCUT2D eigenvalue weighted by Gasteiger charge is 2.30. The normalized spacial score (nSPS) is 18.4. The van der Waals surface area contributed by atoms with Gasteiger partial charge < -0.3 is 8.98 Å². The van der Waals surface area contributed by atoms with Gasteiger partial charge in [0.15, 0.2) is 5.58 Å². The van der Waals surface area contributed by atoms with Gasteiger partial charge >= 0.3 is 0 Å². The molecule has 6 nitrogen and oxygen atoms in total. The number of para-hydroxylation sites is 2. The van der Waals surface area contributed by atoms with Crippen LogP contribution in [0.4, 0.5) is 0 Å². The molecule has 46 heavy (non-hydrogen) atoms. The molecule has 3 N–H and O–H groups in total. The summed E-state index contributed by atoms with van der Waals surface area (Å²) < 4.78 is 8.86. The van der Waals surface area contributed by atoms with Crippen LogP contribution in [0.5, 0.6) is 0 Å². The zero-order valence-electron chi connectivity index (χ0n) is 24.8. The van der Waals surface area contributed by atoms with E-state index in [9.17, 15) is 5.26 Å². The molecular formula is C40H29N5O. The topological polar surface area (TPSA) is 78.0 Å². The van der Waals surface area contributed by atoms with Crippen LogP contribution in [0.3, 0.4) is 0 Å². The molecule has 0 radical (unpaired) electrons. The molecule has 3 atom stereocenters. The van der Waals surface area contributed by atoms with Gasteiger partial charge in [-0.3, -0.25) is 16.0 Å². The van der Waals surface area contributed by atoms with Crippen LogP contribution in [0, 0.1) is 11.3 Å². The van der Waals surface area contributed by atoms with Crippen molar-refractivity contribution in [2.45, 2.75) is 18.5 Å². The van der Waals surface area contributed by atoms with Crippen molar-refractivity contribution in [3.05, 3.63) is 162 Å². The lowest BCUT2D eigenvalue weighted by molar-refractivity contribution is 0.203. The first kappa shape index (κ1) is 26.7. The zero-order valence-corrected chi connectivity index (χ0v) is 24.8. The van der Waals surface area contributed by atoms with E-state index in [0.29, 0.717) is 5.56 Å². The number of furan rings is 1. The molecule has 1 fully saturated rings. The smallest absolute Gasteiger partial charge is 0.160 e. The molecule has 3 heterocycles. The fourth-order valence-corrected chi connectivity index (χ4v) is 6.97. The van der Waals surface area contributed by atoms with Crippen molar-refractivity contribution in [3.8, 4) is 11.8 Å². The predicted octanol–water partition coefficient (Wildman–Crippen LogP) is 8.73. The molecular weight excluding hydrogens is 566 g/mol. The lowest BCUT2D eigenvalue weighted by atomic mass is 10.0. The molecule has 1 saturated heterocycles. The first-order chi connectivity index (χ1) is 22.7. The van der Waals surface area contributed by atoms with E-state index in [-0.39, 0.29) is 18.5 Å². The van der Waals surface area contributed by atoms with E-state index in [4.69, 9.17) is 4.42 Å². The van der Waals surface area contributed by atoms with Gasteiger partial charge in [0.25, 0.3) is 0 Å². The summed E-state index contributed by atoms with van der Waals surface area (Å²) in [6, 6.07) is 50.4. The number of benzene rings is 6. The minimum Gasteiger partial charge on any atom is -0.454 e. The Bertz CT molecular complexity index is 2440.